The van der Waals surface area contributed by atoms with Gasteiger partial charge in [0.1, 0.15) is 0 Å². The number of nitrogens with one attached hydrogen (secondary N) is 2. The molecule has 24 heavy (non-hydrogen) atoms. The Labute approximate surface area is 139 Å². The predicted molar refractivity (Wildman–Crippen MR) is 90.1 cm³/mol. The molecule has 0 saturated carbocycles. The number of benzene rings is 1. The fourth-order valence-corrected chi connectivity index (χ4v) is 2.34. The van der Waals surface area contributed by atoms with Crippen molar-refractivity contribution in [3.8, 4) is 0 Å². The summed E-state index contributed by atoms with van der Waals surface area (Å²) in [6.45, 7) is 0.798. The molecule has 0 saturated heterocycles. The van der Waals surface area contributed by atoms with Crippen molar-refractivity contribution in [2.24, 2.45) is 0 Å². The first kappa shape index (κ1) is 15.8. The maximum Gasteiger partial charge on any atom is 0.239 e. The van der Waals surface area contributed by atoms with Crippen LogP contribution in [0.4, 0.5) is 5.82 Å². The standard InChI is InChI=1S/C17H18N6O/c24-17(22-16-11-18-8-9-19-16)12-20-15(13-23-10-4-7-21-23)14-5-2-1-3-6-14/h1-11,15,20H,12-13H2,(H,19,22,24)/t15-/m1/s1. The third kappa shape index (κ3) is 4.47. The molecule has 3 aromatic rings. The quantitative estimate of drug-likeness (QED) is 0.691. The van der Waals surface area contributed by atoms with Crippen molar-refractivity contribution >= 4 is 11.7 Å². The van der Waals surface area contributed by atoms with Crippen LogP contribution in [0.1, 0.15) is 11.6 Å². The largest absolute Gasteiger partial charge is 0.308 e. The highest BCUT2D eigenvalue weighted by atomic mass is 16.2. The van der Waals surface area contributed by atoms with Gasteiger partial charge in [0.15, 0.2) is 5.82 Å². The Balaban J connectivity index is 1.62. The molecule has 0 aliphatic heterocycles. The Morgan fingerprint density at radius 1 is 1.12 bits per heavy atom. The maximum atomic E-state index is 12.1. The SMILES string of the molecule is O=C(CN[C@H](Cn1cccn1)c1ccccc1)Nc1cnccn1. The summed E-state index contributed by atoms with van der Waals surface area (Å²) in [6, 6.07) is 11.8. The fourth-order valence-electron chi connectivity index (χ4n) is 2.34. The van der Waals surface area contributed by atoms with Crippen LogP contribution >= 0.6 is 0 Å². The summed E-state index contributed by atoms with van der Waals surface area (Å²) >= 11 is 0. The Hall–Kier alpha value is -3.06. The van der Waals surface area contributed by atoms with Gasteiger partial charge >= 0.3 is 0 Å². The highest BCUT2D eigenvalue weighted by Crippen LogP contribution is 2.14. The summed E-state index contributed by atoms with van der Waals surface area (Å²) in [7, 11) is 0. The first-order valence-corrected chi connectivity index (χ1v) is 7.63. The van der Waals surface area contributed by atoms with E-state index in [9.17, 15) is 4.79 Å². The van der Waals surface area contributed by atoms with Crippen molar-refractivity contribution < 1.29 is 4.79 Å². The molecule has 0 bridgehead atoms. The molecule has 7 nitrogen and oxygen atoms in total. The van der Waals surface area contributed by atoms with Crippen LogP contribution in [0.2, 0.25) is 0 Å². The molecule has 2 heterocycles. The van der Waals surface area contributed by atoms with Gasteiger partial charge in [0.05, 0.1) is 25.3 Å². The van der Waals surface area contributed by atoms with Gasteiger partial charge < -0.3 is 5.32 Å². The molecule has 7 heteroatoms. The normalized spacial score (nSPS) is 11.8. The third-order valence-electron chi connectivity index (χ3n) is 3.47. The molecular weight excluding hydrogens is 304 g/mol. The maximum absolute atomic E-state index is 12.1. The van der Waals surface area contributed by atoms with E-state index in [0.717, 1.165) is 5.56 Å². The average molecular weight is 322 g/mol. The van der Waals surface area contributed by atoms with Gasteiger partial charge in [-0.15, -0.1) is 0 Å². The van der Waals surface area contributed by atoms with Gasteiger partial charge in [-0.05, 0) is 11.6 Å². The number of nitrogens with zero attached hydrogens (tertiary/aromatic N) is 4. The molecule has 3 rings (SSSR count). The van der Waals surface area contributed by atoms with Crippen molar-refractivity contribution in [3.05, 3.63) is 72.9 Å². The number of anilines is 1. The minimum atomic E-state index is -0.170. The molecule has 0 spiro atoms. The molecule has 0 radical (unpaired) electrons. The summed E-state index contributed by atoms with van der Waals surface area (Å²) < 4.78 is 1.84. The number of hydrogen-bond donors (Lipinski definition) is 2. The average Bonchev–Trinajstić information content (AvgIpc) is 3.13. The Bertz CT molecular complexity index is 745. The monoisotopic (exact) mass is 322 g/mol. The van der Waals surface area contributed by atoms with E-state index in [1.54, 1.807) is 12.4 Å². The van der Waals surface area contributed by atoms with Crippen molar-refractivity contribution in [3.63, 3.8) is 0 Å². The fraction of sp³-hybridized carbons (Fsp3) is 0.176. The van der Waals surface area contributed by atoms with E-state index in [1.165, 1.54) is 12.4 Å². The van der Waals surface area contributed by atoms with Crippen LogP contribution in [0.25, 0.3) is 0 Å². The smallest absolute Gasteiger partial charge is 0.239 e. The van der Waals surface area contributed by atoms with Crippen LogP contribution in [0, 0.1) is 0 Å². The number of carbonyl (C=O) groups excluding carboxylic acids is 1. The van der Waals surface area contributed by atoms with E-state index in [1.807, 2.05) is 47.3 Å². The third-order valence-corrected chi connectivity index (χ3v) is 3.47. The van der Waals surface area contributed by atoms with E-state index in [2.05, 4.69) is 25.7 Å². The second-order valence-electron chi connectivity index (χ2n) is 5.21. The summed E-state index contributed by atoms with van der Waals surface area (Å²) in [5.74, 6) is 0.268. The molecule has 0 aliphatic rings. The highest BCUT2D eigenvalue weighted by molar-refractivity contribution is 5.91. The van der Waals surface area contributed by atoms with Crippen molar-refractivity contribution in [2.45, 2.75) is 12.6 Å². The molecule has 0 unspecified atom stereocenters. The minimum Gasteiger partial charge on any atom is -0.308 e. The van der Waals surface area contributed by atoms with Gasteiger partial charge in [-0.2, -0.15) is 5.10 Å². The van der Waals surface area contributed by atoms with Crippen LogP contribution in [0.3, 0.4) is 0 Å². The number of rotatable bonds is 7. The first-order chi connectivity index (χ1) is 11.8. The topological polar surface area (TPSA) is 84.7 Å². The van der Waals surface area contributed by atoms with Gasteiger partial charge in [0, 0.05) is 24.8 Å². The second kappa shape index (κ2) is 7.98. The summed E-state index contributed by atoms with van der Waals surface area (Å²) in [4.78, 5) is 20.0. The van der Waals surface area contributed by atoms with Gasteiger partial charge in [0.2, 0.25) is 5.91 Å². The molecule has 122 valence electrons. The Kier molecular flexibility index (Phi) is 5.26. The van der Waals surface area contributed by atoms with Crippen LogP contribution in [0.5, 0.6) is 0 Å². The molecular formula is C17H18N6O. The van der Waals surface area contributed by atoms with E-state index in [0.29, 0.717) is 12.4 Å². The van der Waals surface area contributed by atoms with Crippen LogP contribution in [-0.2, 0) is 11.3 Å². The van der Waals surface area contributed by atoms with Crippen LogP contribution in [-0.4, -0.2) is 32.2 Å². The molecule has 0 aliphatic carbocycles. The first-order valence-electron chi connectivity index (χ1n) is 7.63. The van der Waals surface area contributed by atoms with E-state index in [4.69, 9.17) is 0 Å². The molecule has 1 aromatic carbocycles. The lowest BCUT2D eigenvalue weighted by Gasteiger charge is -2.19. The van der Waals surface area contributed by atoms with E-state index >= 15 is 0 Å². The van der Waals surface area contributed by atoms with Crippen LogP contribution in [0.15, 0.2) is 67.4 Å². The number of amides is 1. The lowest BCUT2D eigenvalue weighted by Crippen LogP contribution is -2.33. The van der Waals surface area contributed by atoms with Gasteiger partial charge in [-0.25, -0.2) is 4.98 Å². The van der Waals surface area contributed by atoms with Crippen LogP contribution < -0.4 is 10.6 Å². The van der Waals surface area contributed by atoms with Crippen molar-refractivity contribution in [1.29, 1.82) is 0 Å². The Morgan fingerprint density at radius 2 is 2.00 bits per heavy atom. The number of hydrogen-bond acceptors (Lipinski definition) is 5. The lowest BCUT2D eigenvalue weighted by atomic mass is 10.1. The van der Waals surface area contributed by atoms with Gasteiger partial charge in [-0.3, -0.25) is 19.8 Å². The lowest BCUT2D eigenvalue weighted by molar-refractivity contribution is -0.115. The summed E-state index contributed by atoms with van der Waals surface area (Å²) in [5, 5.41) is 10.2. The Morgan fingerprint density at radius 3 is 2.71 bits per heavy atom. The van der Waals surface area contributed by atoms with Crippen molar-refractivity contribution in [1.82, 2.24) is 25.1 Å². The number of aromatic nitrogens is 4. The summed E-state index contributed by atoms with van der Waals surface area (Å²) in [6.07, 6.45) is 8.24. The second-order valence-corrected chi connectivity index (χ2v) is 5.21. The molecule has 1 atom stereocenters. The summed E-state index contributed by atoms with van der Waals surface area (Å²) in [5.41, 5.74) is 1.10. The predicted octanol–water partition coefficient (Wildman–Crippen LogP) is 1.64. The molecule has 0 fully saturated rings. The zero-order chi connectivity index (χ0) is 16.6. The zero-order valence-electron chi connectivity index (χ0n) is 13.0. The van der Waals surface area contributed by atoms with Crippen molar-refractivity contribution in [2.75, 3.05) is 11.9 Å². The molecule has 2 aromatic heterocycles. The number of carbonyl (C=O) groups is 1. The minimum absolute atomic E-state index is 0.0290. The molecule has 1 amide bonds. The zero-order valence-corrected chi connectivity index (χ0v) is 13.0. The molecule has 2 N–H and O–H groups in total. The van der Waals surface area contributed by atoms with Gasteiger partial charge in [-0.1, -0.05) is 30.3 Å². The van der Waals surface area contributed by atoms with Gasteiger partial charge in [0.25, 0.3) is 0 Å². The van der Waals surface area contributed by atoms with E-state index < -0.39 is 0 Å². The van der Waals surface area contributed by atoms with E-state index in [-0.39, 0.29) is 18.5 Å². The highest BCUT2D eigenvalue weighted by Gasteiger charge is 2.14.